The molecule has 1 heterocycles. The molecule has 0 bridgehead atoms. The van der Waals surface area contributed by atoms with Crippen LogP contribution in [0.25, 0.3) is 0 Å². The van der Waals surface area contributed by atoms with Crippen molar-refractivity contribution in [1.82, 2.24) is 10.6 Å². The van der Waals surface area contributed by atoms with Gasteiger partial charge in [0.15, 0.2) is 0 Å². The van der Waals surface area contributed by atoms with E-state index < -0.39 is 11.5 Å². The van der Waals surface area contributed by atoms with Gasteiger partial charge in [-0.15, -0.1) is 0 Å². The number of fused-ring (bicyclic) bond motifs is 2. The van der Waals surface area contributed by atoms with E-state index in [-0.39, 0.29) is 5.91 Å². The minimum Gasteiger partial charge on any atom is -0.479 e. The molecule has 2 aromatic rings. The van der Waals surface area contributed by atoms with Crippen LogP contribution >= 0.6 is 0 Å². The Morgan fingerprint density at radius 1 is 1.00 bits per heavy atom. The largest absolute Gasteiger partial charge is 0.479 e. The summed E-state index contributed by atoms with van der Waals surface area (Å²) in [4.78, 5) is 25.0. The highest BCUT2D eigenvalue weighted by Gasteiger charge is 2.45. The zero-order chi connectivity index (χ0) is 17.4. The van der Waals surface area contributed by atoms with E-state index in [0.717, 1.165) is 35.2 Å². The molecule has 3 N–H and O–H groups in total. The van der Waals surface area contributed by atoms with Gasteiger partial charge in [-0.3, -0.25) is 4.79 Å². The van der Waals surface area contributed by atoms with Crippen LogP contribution in [0.3, 0.4) is 0 Å². The van der Waals surface area contributed by atoms with Crippen LogP contribution in [0.15, 0.2) is 42.5 Å². The summed E-state index contributed by atoms with van der Waals surface area (Å²) >= 11 is 0. The van der Waals surface area contributed by atoms with Crippen molar-refractivity contribution in [2.45, 2.75) is 31.3 Å². The van der Waals surface area contributed by atoms with E-state index in [2.05, 4.69) is 10.6 Å². The van der Waals surface area contributed by atoms with Crippen molar-refractivity contribution in [3.8, 4) is 0 Å². The van der Waals surface area contributed by atoms with E-state index in [1.807, 2.05) is 36.4 Å². The predicted molar refractivity (Wildman–Crippen MR) is 93.5 cm³/mol. The molecule has 0 fully saturated rings. The number of carboxylic acid groups (broad SMARTS) is 1. The number of carbonyl (C=O) groups excluding carboxylic acids is 1. The van der Waals surface area contributed by atoms with Crippen molar-refractivity contribution in [2.24, 2.45) is 0 Å². The Bertz CT molecular complexity index is 835. The Morgan fingerprint density at radius 2 is 1.68 bits per heavy atom. The number of carboxylic acids is 1. The maximum Gasteiger partial charge on any atom is 0.330 e. The maximum atomic E-state index is 12.9. The molecule has 0 unspecified atom stereocenters. The fourth-order valence-electron chi connectivity index (χ4n) is 3.92. The summed E-state index contributed by atoms with van der Waals surface area (Å²) in [5.41, 5.74) is 3.41. The third-order valence-electron chi connectivity index (χ3n) is 5.26. The normalized spacial score (nSPS) is 17.4. The van der Waals surface area contributed by atoms with Crippen molar-refractivity contribution in [1.29, 1.82) is 0 Å². The van der Waals surface area contributed by atoms with Crippen molar-refractivity contribution in [3.63, 3.8) is 0 Å². The molecule has 2 aromatic carbocycles. The molecule has 0 atom stereocenters. The summed E-state index contributed by atoms with van der Waals surface area (Å²) in [5.74, 6) is -1.30. The van der Waals surface area contributed by atoms with Gasteiger partial charge >= 0.3 is 5.97 Å². The van der Waals surface area contributed by atoms with E-state index >= 15 is 0 Å². The highest BCUT2D eigenvalue weighted by Crippen LogP contribution is 2.31. The predicted octanol–water partition coefficient (Wildman–Crippen LogP) is 1.68. The molecular formula is C20H20N2O3. The Morgan fingerprint density at radius 3 is 2.36 bits per heavy atom. The van der Waals surface area contributed by atoms with Gasteiger partial charge < -0.3 is 15.7 Å². The second kappa shape index (κ2) is 6.01. The summed E-state index contributed by atoms with van der Waals surface area (Å²) in [7, 11) is 0. The number of carbonyl (C=O) groups is 2. The summed E-state index contributed by atoms with van der Waals surface area (Å²) < 4.78 is 0. The quantitative estimate of drug-likeness (QED) is 0.797. The molecule has 0 aromatic heterocycles. The van der Waals surface area contributed by atoms with Gasteiger partial charge in [0.1, 0.15) is 5.54 Å². The van der Waals surface area contributed by atoms with Gasteiger partial charge in [-0.1, -0.05) is 36.4 Å². The molecule has 1 amide bonds. The smallest absolute Gasteiger partial charge is 0.330 e. The van der Waals surface area contributed by atoms with Gasteiger partial charge in [-0.05, 0) is 41.3 Å². The molecule has 5 nitrogen and oxygen atoms in total. The monoisotopic (exact) mass is 336 g/mol. The molecule has 4 rings (SSSR count). The number of aliphatic carboxylic acids is 1. The average Bonchev–Trinajstić information content (AvgIpc) is 3.00. The van der Waals surface area contributed by atoms with Gasteiger partial charge in [0.2, 0.25) is 0 Å². The highest BCUT2D eigenvalue weighted by atomic mass is 16.4. The van der Waals surface area contributed by atoms with Crippen molar-refractivity contribution in [2.75, 3.05) is 6.54 Å². The minimum atomic E-state index is -1.27. The Balaban J connectivity index is 1.65. The number of amides is 1. The topological polar surface area (TPSA) is 78.4 Å². The number of rotatable bonds is 3. The van der Waals surface area contributed by atoms with Crippen LogP contribution in [0.1, 0.15) is 32.6 Å². The first kappa shape index (κ1) is 15.8. The van der Waals surface area contributed by atoms with Crippen LogP contribution in [0.2, 0.25) is 0 Å². The van der Waals surface area contributed by atoms with Crippen molar-refractivity contribution < 1.29 is 14.7 Å². The average molecular weight is 336 g/mol. The number of benzene rings is 2. The zero-order valence-electron chi connectivity index (χ0n) is 13.8. The highest BCUT2D eigenvalue weighted by molar-refractivity contribution is 5.99. The van der Waals surface area contributed by atoms with Gasteiger partial charge in [0, 0.05) is 24.9 Å². The lowest BCUT2D eigenvalue weighted by Crippen LogP contribution is -2.55. The zero-order valence-corrected chi connectivity index (χ0v) is 13.8. The summed E-state index contributed by atoms with van der Waals surface area (Å²) in [6, 6.07) is 13.3. The van der Waals surface area contributed by atoms with Gasteiger partial charge in [0.05, 0.1) is 0 Å². The van der Waals surface area contributed by atoms with Crippen LogP contribution in [0, 0.1) is 0 Å². The van der Waals surface area contributed by atoms with Gasteiger partial charge in [-0.2, -0.15) is 0 Å². The van der Waals surface area contributed by atoms with E-state index in [0.29, 0.717) is 24.9 Å². The molecule has 1 aliphatic carbocycles. The van der Waals surface area contributed by atoms with E-state index in [9.17, 15) is 14.7 Å². The molecule has 0 saturated heterocycles. The Hall–Kier alpha value is -2.66. The van der Waals surface area contributed by atoms with Crippen LogP contribution in [0.5, 0.6) is 0 Å². The fraction of sp³-hybridized carbons (Fsp3) is 0.300. The first-order chi connectivity index (χ1) is 12.1. The van der Waals surface area contributed by atoms with E-state index in [1.165, 1.54) is 0 Å². The first-order valence-electron chi connectivity index (χ1n) is 8.53. The molecule has 5 heteroatoms. The molecular weight excluding hydrogens is 316 g/mol. The van der Waals surface area contributed by atoms with Gasteiger partial charge in [-0.25, -0.2) is 4.79 Å². The maximum absolute atomic E-state index is 12.9. The molecule has 1 aliphatic heterocycles. The second-order valence-electron chi connectivity index (χ2n) is 6.83. The van der Waals surface area contributed by atoms with Crippen LogP contribution in [0.4, 0.5) is 0 Å². The van der Waals surface area contributed by atoms with E-state index in [1.54, 1.807) is 6.07 Å². The molecule has 0 radical (unpaired) electrons. The molecule has 128 valence electrons. The van der Waals surface area contributed by atoms with Crippen molar-refractivity contribution in [3.05, 3.63) is 70.3 Å². The molecule has 0 saturated carbocycles. The molecule has 0 spiro atoms. The second-order valence-corrected chi connectivity index (χ2v) is 6.83. The lowest BCUT2D eigenvalue weighted by molar-refractivity contribution is -0.144. The Labute approximate surface area is 146 Å². The van der Waals surface area contributed by atoms with Crippen LogP contribution < -0.4 is 10.6 Å². The minimum absolute atomic E-state index is 0.309. The summed E-state index contributed by atoms with van der Waals surface area (Å²) in [6.45, 7) is 1.53. The van der Waals surface area contributed by atoms with Gasteiger partial charge in [0.25, 0.3) is 5.91 Å². The molecule has 2 aliphatic rings. The lowest BCUT2D eigenvalue weighted by atomic mass is 9.92. The standard InChI is InChI=1S/C20H20N2O3/c23-18(16-7-3-6-13-8-9-21-12-17(13)16)22-20(19(24)25)10-14-4-1-2-5-15(14)11-20/h1-7,21H,8-12H2,(H,22,23)(H,24,25). The fourth-order valence-corrected chi connectivity index (χ4v) is 3.92. The molecule has 25 heavy (non-hydrogen) atoms. The number of nitrogens with one attached hydrogen (secondary N) is 2. The third kappa shape index (κ3) is 2.70. The number of hydrogen-bond donors (Lipinski definition) is 3. The SMILES string of the molecule is O=C(NC1(C(=O)O)Cc2ccccc2C1)c1cccc2c1CNCC2. The summed E-state index contributed by atoms with van der Waals surface area (Å²) in [6.07, 6.45) is 1.51. The van der Waals surface area contributed by atoms with Crippen molar-refractivity contribution >= 4 is 11.9 Å². The van der Waals surface area contributed by atoms with Crippen LogP contribution in [-0.4, -0.2) is 29.1 Å². The summed E-state index contributed by atoms with van der Waals surface area (Å²) in [5, 5.41) is 16.0. The Kier molecular flexibility index (Phi) is 3.81. The number of hydrogen-bond acceptors (Lipinski definition) is 3. The van der Waals surface area contributed by atoms with Crippen LogP contribution in [-0.2, 0) is 30.6 Å². The third-order valence-corrected chi connectivity index (χ3v) is 5.26. The van der Waals surface area contributed by atoms with E-state index in [4.69, 9.17) is 0 Å². The first-order valence-corrected chi connectivity index (χ1v) is 8.53. The lowest BCUT2D eigenvalue weighted by Gasteiger charge is -2.27.